The Balaban J connectivity index is 1.60. The highest BCUT2D eigenvalue weighted by Crippen LogP contribution is 2.45. The summed E-state index contributed by atoms with van der Waals surface area (Å²) in [6.45, 7) is 3.15. The number of aromatic nitrogens is 1. The smallest absolute Gasteiger partial charge is 0.291 e. The minimum Gasteiger partial charge on any atom is -0.459 e. The van der Waals surface area contributed by atoms with Crippen LogP contribution in [0.15, 0.2) is 47.3 Å². The number of hydrogen-bond donors (Lipinski definition) is 1. The SMILES string of the molecule is O=C(Nc1sc2c(c1C(c1cccnc1)N1CCOCC1)CCCC2)c1ccco1. The molecule has 1 fully saturated rings. The highest BCUT2D eigenvalue weighted by molar-refractivity contribution is 7.16. The van der Waals surface area contributed by atoms with Gasteiger partial charge in [0.2, 0.25) is 0 Å². The molecule has 1 atom stereocenters. The minimum atomic E-state index is -0.202. The highest BCUT2D eigenvalue weighted by Gasteiger charge is 2.33. The Labute approximate surface area is 179 Å². The van der Waals surface area contributed by atoms with Crippen LogP contribution in [-0.4, -0.2) is 42.1 Å². The Kier molecular flexibility index (Phi) is 5.66. The topological polar surface area (TPSA) is 67.6 Å². The first kappa shape index (κ1) is 19.5. The van der Waals surface area contributed by atoms with Gasteiger partial charge in [0.15, 0.2) is 5.76 Å². The van der Waals surface area contributed by atoms with Gasteiger partial charge in [0, 0.05) is 35.9 Å². The van der Waals surface area contributed by atoms with Crippen molar-refractivity contribution >= 4 is 22.2 Å². The number of morpholine rings is 1. The first-order valence-corrected chi connectivity index (χ1v) is 11.3. The number of carbonyl (C=O) groups excluding carboxylic acids is 1. The molecule has 3 aromatic heterocycles. The van der Waals surface area contributed by atoms with E-state index in [1.807, 2.05) is 18.5 Å². The van der Waals surface area contributed by atoms with Crippen LogP contribution in [0.3, 0.4) is 0 Å². The van der Waals surface area contributed by atoms with E-state index in [-0.39, 0.29) is 11.9 Å². The first-order valence-electron chi connectivity index (χ1n) is 10.5. The molecule has 4 heterocycles. The molecule has 1 unspecified atom stereocenters. The third-order valence-corrected chi connectivity index (χ3v) is 7.09. The zero-order valence-electron chi connectivity index (χ0n) is 16.8. The van der Waals surface area contributed by atoms with Crippen LogP contribution in [0.1, 0.15) is 51.0 Å². The Morgan fingerprint density at radius 3 is 2.80 bits per heavy atom. The van der Waals surface area contributed by atoms with Crippen LogP contribution < -0.4 is 5.32 Å². The lowest BCUT2D eigenvalue weighted by molar-refractivity contribution is 0.0239. The fraction of sp³-hybridized carbons (Fsp3) is 0.391. The summed E-state index contributed by atoms with van der Waals surface area (Å²) in [6, 6.07) is 7.61. The quantitative estimate of drug-likeness (QED) is 0.663. The summed E-state index contributed by atoms with van der Waals surface area (Å²) >= 11 is 1.72. The van der Waals surface area contributed by atoms with Gasteiger partial charge in [0.25, 0.3) is 5.91 Å². The molecule has 2 aliphatic rings. The summed E-state index contributed by atoms with van der Waals surface area (Å²) in [5.74, 6) is 0.128. The fourth-order valence-electron chi connectivity index (χ4n) is 4.48. The van der Waals surface area contributed by atoms with E-state index in [0.717, 1.165) is 49.7 Å². The van der Waals surface area contributed by atoms with Crippen LogP contribution in [0.4, 0.5) is 5.00 Å². The van der Waals surface area contributed by atoms with Gasteiger partial charge in [-0.2, -0.15) is 0 Å². The molecule has 7 heteroatoms. The predicted molar refractivity (Wildman–Crippen MR) is 116 cm³/mol. The lowest BCUT2D eigenvalue weighted by Crippen LogP contribution is -2.40. The van der Waals surface area contributed by atoms with Gasteiger partial charge < -0.3 is 14.5 Å². The molecule has 1 aliphatic heterocycles. The van der Waals surface area contributed by atoms with Crippen LogP contribution in [0.2, 0.25) is 0 Å². The maximum absolute atomic E-state index is 12.8. The van der Waals surface area contributed by atoms with E-state index in [9.17, 15) is 4.79 Å². The van der Waals surface area contributed by atoms with Gasteiger partial charge in [-0.1, -0.05) is 6.07 Å². The Morgan fingerprint density at radius 1 is 1.17 bits per heavy atom. The molecule has 1 saturated heterocycles. The molecule has 1 amide bonds. The average Bonchev–Trinajstić information content (AvgIpc) is 3.45. The normalized spacial score (nSPS) is 18.0. The number of hydrogen-bond acceptors (Lipinski definition) is 6. The summed E-state index contributed by atoms with van der Waals surface area (Å²) < 4.78 is 10.9. The van der Waals surface area contributed by atoms with Crippen molar-refractivity contribution in [3.63, 3.8) is 0 Å². The van der Waals surface area contributed by atoms with E-state index in [1.54, 1.807) is 23.5 Å². The zero-order valence-corrected chi connectivity index (χ0v) is 17.6. The fourth-order valence-corrected chi connectivity index (χ4v) is 5.79. The van der Waals surface area contributed by atoms with Crippen LogP contribution in [0.5, 0.6) is 0 Å². The van der Waals surface area contributed by atoms with Crippen LogP contribution in [0, 0.1) is 0 Å². The van der Waals surface area contributed by atoms with Crippen LogP contribution >= 0.6 is 11.3 Å². The molecule has 1 aliphatic carbocycles. The van der Waals surface area contributed by atoms with E-state index in [4.69, 9.17) is 9.15 Å². The second-order valence-electron chi connectivity index (χ2n) is 7.72. The Bertz CT molecular complexity index is 994. The number of ether oxygens (including phenoxy) is 1. The third-order valence-electron chi connectivity index (χ3n) is 5.87. The highest BCUT2D eigenvalue weighted by atomic mass is 32.1. The summed E-state index contributed by atoms with van der Waals surface area (Å²) in [5.41, 5.74) is 3.78. The van der Waals surface area contributed by atoms with Crippen molar-refractivity contribution in [1.29, 1.82) is 0 Å². The number of nitrogens with one attached hydrogen (secondary N) is 1. The summed E-state index contributed by atoms with van der Waals surface area (Å²) in [4.78, 5) is 21.1. The molecule has 156 valence electrons. The molecule has 0 radical (unpaired) electrons. The summed E-state index contributed by atoms with van der Waals surface area (Å²) in [5, 5.41) is 4.10. The maximum atomic E-state index is 12.8. The van der Waals surface area contributed by atoms with Gasteiger partial charge in [0.05, 0.1) is 25.5 Å². The first-order chi connectivity index (χ1) is 14.8. The van der Waals surface area contributed by atoms with Crippen molar-refractivity contribution in [3.05, 3.63) is 70.3 Å². The van der Waals surface area contributed by atoms with Crippen molar-refractivity contribution in [1.82, 2.24) is 9.88 Å². The molecular weight excluding hydrogens is 398 g/mol. The number of rotatable bonds is 5. The predicted octanol–water partition coefficient (Wildman–Crippen LogP) is 4.29. The van der Waals surface area contributed by atoms with Crippen molar-refractivity contribution in [2.45, 2.75) is 31.7 Å². The number of furan rings is 1. The monoisotopic (exact) mass is 423 g/mol. The van der Waals surface area contributed by atoms with E-state index in [1.165, 1.54) is 35.1 Å². The number of anilines is 1. The zero-order chi connectivity index (χ0) is 20.3. The number of fused-ring (bicyclic) bond motifs is 1. The van der Waals surface area contributed by atoms with Gasteiger partial charge in [-0.15, -0.1) is 11.3 Å². The van der Waals surface area contributed by atoms with Crippen molar-refractivity contribution in [2.75, 3.05) is 31.6 Å². The minimum absolute atomic E-state index is 0.0487. The van der Waals surface area contributed by atoms with Gasteiger partial charge in [-0.3, -0.25) is 14.7 Å². The van der Waals surface area contributed by atoms with Gasteiger partial charge in [-0.25, -0.2) is 0 Å². The van der Waals surface area contributed by atoms with E-state index in [0.29, 0.717) is 5.76 Å². The van der Waals surface area contributed by atoms with Gasteiger partial charge >= 0.3 is 0 Å². The average molecular weight is 424 g/mol. The van der Waals surface area contributed by atoms with E-state index >= 15 is 0 Å². The number of pyridine rings is 1. The molecule has 0 spiro atoms. The lowest BCUT2D eigenvalue weighted by atomic mass is 9.89. The number of nitrogens with zero attached hydrogens (tertiary/aromatic N) is 2. The molecule has 6 nitrogen and oxygen atoms in total. The molecule has 3 aromatic rings. The number of carbonyl (C=O) groups is 1. The summed E-state index contributed by atoms with van der Waals surface area (Å²) in [7, 11) is 0. The second kappa shape index (κ2) is 8.71. The molecular formula is C23H25N3O3S. The van der Waals surface area contributed by atoms with Crippen molar-refractivity contribution < 1.29 is 13.9 Å². The molecule has 1 N–H and O–H groups in total. The number of thiophene rings is 1. The lowest BCUT2D eigenvalue weighted by Gasteiger charge is -2.36. The van der Waals surface area contributed by atoms with E-state index < -0.39 is 0 Å². The molecule has 5 rings (SSSR count). The van der Waals surface area contributed by atoms with Crippen molar-refractivity contribution in [3.8, 4) is 0 Å². The maximum Gasteiger partial charge on any atom is 0.291 e. The number of aryl methyl sites for hydroxylation is 1. The summed E-state index contributed by atoms with van der Waals surface area (Å²) in [6.07, 6.45) is 9.80. The molecule has 30 heavy (non-hydrogen) atoms. The van der Waals surface area contributed by atoms with E-state index in [2.05, 4.69) is 21.3 Å². The standard InChI is InChI=1S/C23H25N3O3S/c27-22(18-7-4-12-29-18)25-23-20(17-6-1-2-8-19(17)30-23)21(16-5-3-9-24-15-16)26-10-13-28-14-11-26/h3-5,7,9,12,15,21H,1-2,6,8,10-11,13-14H2,(H,25,27). The molecule has 0 aromatic carbocycles. The second-order valence-corrected chi connectivity index (χ2v) is 8.83. The molecule has 0 bridgehead atoms. The Morgan fingerprint density at radius 2 is 2.03 bits per heavy atom. The van der Waals surface area contributed by atoms with Gasteiger partial charge in [-0.05, 0) is 55.0 Å². The number of amides is 1. The van der Waals surface area contributed by atoms with Crippen LogP contribution in [0.25, 0.3) is 0 Å². The molecule has 0 saturated carbocycles. The van der Waals surface area contributed by atoms with Crippen molar-refractivity contribution in [2.24, 2.45) is 0 Å². The van der Waals surface area contributed by atoms with Gasteiger partial charge in [0.1, 0.15) is 5.00 Å². The largest absolute Gasteiger partial charge is 0.459 e. The Hall–Kier alpha value is -2.48. The third kappa shape index (κ3) is 3.80. The van der Waals surface area contributed by atoms with Crippen LogP contribution in [-0.2, 0) is 17.6 Å².